The number of amides is 3. The number of benzene rings is 1. The Morgan fingerprint density at radius 1 is 1.37 bits per heavy atom. The van der Waals surface area contributed by atoms with Crippen LogP contribution in [0.2, 0.25) is 5.02 Å². The molecular formula is C12H12ClN3O3. The third-order valence-corrected chi connectivity index (χ3v) is 2.99. The van der Waals surface area contributed by atoms with E-state index in [2.05, 4.69) is 10.7 Å². The van der Waals surface area contributed by atoms with E-state index in [1.165, 1.54) is 7.05 Å². The van der Waals surface area contributed by atoms with Crippen molar-refractivity contribution in [1.29, 1.82) is 0 Å². The Morgan fingerprint density at radius 3 is 2.53 bits per heavy atom. The van der Waals surface area contributed by atoms with E-state index in [4.69, 9.17) is 11.6 Å². The molecule has 2 N–H and O–H groups in total. The lowest BCUT2D eigenvalue weighted by molar-refractivity contribution is -0.134. The van der Waals surface area contributed by atoms with Crippen LogP contribution in [0.4, 0.5) is 5.69 Å². The normalized spacial score (nSPS) is 18.4. The van der Waals surface area contributed by atoms with Gasteiger partial charge in [-0.25, -0.2) is 0 Å². The molecule has 100 valence electrons. The second-order valence-corrected chi connectivity index (χ2v) is 4.62. The summed E-state index contributed by atoms with van der Waals surface area (Å²) >= 11 is 5.72. The fourth-order valence-corrected chi connectivity index (χ4v) is 1.88. The number of halogens is 1. The molecule has 1 aromatic carbocycles. The van der Waals surface area contributed by atoms with E-state index in [1.54, 1.807) is 24.3 Å². The molecule has 0 aromatic heterocycles. The van der Waals surface area contributed by atoms with Crippen LogP contribution < -0.4 is 10.7 Å². The van der Waals surface area contributed by atoms with Gasteiger partial charge in [-0.3, -0.25) is 24.8 Å². The Balaban J connectivity index is 1.96. The number of hydrogen-bond donors (Lipinski definition) is 2. The number of nitrogens with one attached hydrogen (secondary N) is 2. The molecule has 19 heavy (non-hydrogen) atoms. The van der Waals surface area contributed by atoms with Crippen molar-refractivity contribution in [3.05, 3.63) is 29.3 Å². The van der Waals surface area contributed by atoms with Crippen molar-refractivity contribution in [3.8, 4) is 0 Å². The molecule has 2 rings (SSSR count). The van der Waals surface area contributed by atoms with Crippen molar-refractivity contribution < 1.29 is 14.4 Å². The van der Waals surface area contributed by atoms with Gasteiger partial charge in [-0.15, -0.1) is 0 Å². The summed E-state index contributed by atoms with van der Waals surface area (Å²) in [5.74, 6) is -2.22. The first-order chi connectivity index (χ1) is 8.97. The number of hydrogen-bond acceptors (Lipinski definition) is 3. The van der Waals surface area contributed by atoms with Crippen LogP contribution in [-0.2, 0) is 14.4 Å². The molecule has 1 atom stereocenters. The van der Waals surface area contributed by atoms with E-state index >= 15 is 0 Å². The van der Waals surface area contributed by atoms with Crippen molar-refractivity contribution in [1.82, 2.24) is 10.4 Å². The van der Waals surface area contributed by atoms with Crippen LogP contribution in [0.3, 0.4) is 0 Å². The second-order valence-electron chi connectivity index (χ2n) is 4.19. The Labute approximate surface area is 114 Å². The maximum atomic E-state index is 11.8. The quantitative estimate of drug-likeness (QED) is 0.804. The summed E-state index contributed by atoms with van der Waals surface area (Å²) in [6, 6.07) is 6.56. The molecule has 1 aliphatic heterocycles. The van der Waals surface area contributed by atoms with Crippen LogP contribution in [-0.4, -0.2) is 29.8 Å². The van der Waals surface area contributed by atoms with E-state index in [-0.39, 0.29) is 6.42 Å². The molecule has 0 bridgehead atoms. The molecule has 0 aliphatic carbocycles. The van der Waals surface area contributed by atoms with Crippen molar-refractivity contribution in [2.24, 2.45) is 5.92 Å². The lowest BCUT2D eigenvalue weighted by Gasteiger charge is -2.08. The number of nitrogens with zero attached hydrogens (tertiary/aromatic N) is 1. The molecule has 6 nitrogen and oxygen atoms in total. The maximum Gasteiger partial charge on any atom is 0.253 e. The van der Waals surface area contributed by atoms with Crippen LogP contribution in [0, 0.1) is 5.92 Å². The topological polar surface area (TPSA) is 78.5 Å². The standard InChI is InChI=1S/C12H12ClN3O3/c1-16-12(19)9(11(18)15-16)6-10(17)14-8-4-2-7(13)3-5-8/h2-5,9H,6H2,1H3,(H,14,17)(H,15,18). The van der Waals surface area contributed by atoms with Crippen molar-refractivity contribution in [2.75, 3.05) is 12.4 Å². The predicted molar refractivity (Wildman–Crippen MR) is 69.1 cm³/mol. The Hall–Kier alpha value is -2.08. The second kappa shape index (κ2) is 5.27. The molecule has 0 radical (unpaired) electrons. The zero-order chi connectivity index (χ0) is 14.0. The van der Waals surface area contributed by atoms with Crippen LogP contribution in [0.25, 0.3) is 0 Å². The van der Waals surface area contributed by atoms with Crippen LogP contribution in [0.1, 0.15) is 6.42 Å². The van der Waals surface area contributed by atoms with E-state index < -0.39 is 23.6 Å². The first kappa shape index (κ1) is 13.4. The number of hydrazine groups is 1. The fourth-order valence-electron chi connectivity index (χ4n) is 1.75. The van der Waals surface area contributed by atoms with E-state index in [0.29, 0.717) is 10.7 Å². The van der Waals surface area contributed by atoms with E-state index in [9.17, 15) is 14.4 Å². The number of rotatable bonds is 3. The summed E-state index contributed by atoms with van der Waals surface area (Å²) in [5.41, 5.74) is 2.90. The van der Waals surface area contributed by atoms with Crippen LogP contribution >= 0.6 is 11.6 Å². The van der Waals surface area contributed by atoms with Gasteiger partial charge in [0.05, 0.1) is 0 Å². The van der Waals surface area contributed by atoms with Crippen molar-refractivity contribution >= 4 is 35.0 Å². The monoisotopic (exact) mass is 281 g/mol. The Morgan fingerprint density at radius 2 is 2.00 bits per heavy atom. The molecule has 1 aliphatic rings. The Kier molecular flexibility index (Phi) is 3.71. The Bertz CT molecular complexity index is 530. The molecule has 0 saturated carbocycles. The highest BCUT2D eigenvalue weighted by Crippen LogP contribution is 2.16. The maximum absolute atomic E-state index is 11.8. The fraction of sp³-hybridized carbons (Fsp3) is 0.250. The molecule has 1 saturated heterocycles. The minimum atomic E-state index is -0.961. The number of anilines is 1. The molecule has 3 amide bonds. The summed E-state index contributed by atoms with van der Waals surface area (Å²) < 4.78 is 0. The molecule has 7 heteroatoms. The minimum absolute atomic E-state index is 0.183. The smallest absolute Gasteiger partial charge is 0.253 e. The number of carbonyl (C=O) groups is 3. The summed E-state index contributed by atoms with van der Waals surface area (Å²) in [6.07, 6.45) is -0.183. The van der Waals surface area contributed by atoms with Crippen LogP contribution in [0.5, 0.6) is 0 Å². The number of carbonyl (C=O) groups excluding carboxylic acids is 3. The zero-order valence-corrected chi connectivity index (χ0v) is 10.9. The average molecular weight is 282 g/mol. The largest absolute Gasteiger partial charge is 0.326 e. The first-order valence-corrected chi connectivity index (χ1v) is 5.98. The lowest BCUT2D eigenvalue weighted by Crippen LogP contribution is -2.31. The van der Waals surface area contributed by atoms with Gasteiger partial charge in [0.2, 0.25) is 5.91 Å². The van der Waals surface area contributed by atoms with E-state index in [1.807, 2.05) is 0 Å². The molecule has 1 aromatic rings. The molecule has 1 heterocycles. The predicted octanol–water partition coefficient (Wildman–Crippen LogP) is 0.788. The SMILES string of the molecule is CN1NC(=O)C(CC(=O)Nc2ccc(Cl)cc2)C1=O. The molecule has 0 spiro atoms. The molecule has 1 unspecified atom stereocenters. The van der Waals surface area contributed by atoms with Crippen LogP contribution in [0.15, 0.2) is 24.3 Å². The highest BCUT2D eigenvalue weighted by molar-refractivity contribution is 6.30. The van der Waals surface area contributed by atoms with Gasteiger partial charge in [-0.2, -0.15) is 0 Å². The van der Waals surface area contributed by atoms with Gasteiger partial charge in [-0.1, -0.05) is 11.6 Å². The van der Waals surface area contributed by atoms with Gasteiger partial charge in [-0.05, 0) is 24.3 Å². The summed E-state index contributed by atoms with van der Waals surface area (Å²) in [7, 11) is 1.44. The average Bonchev–Trinajstić information content (AvgIpc) is 2.59. The summed E-state index contributed by atoms with van der Waals surface area (Å²) in [5, 5.41) is 4.25. The van der Waals surface area contributed by atoms with Gasteiger partial charge in [0.1, 0.15) is 5.92 Å². The third kappa shape index (κ3) is 3.03. The third-order valence-electron chi connectivity index (χ3n) is 2.74. The van der Waals surface area contributed by atoms with Gasteiger partial charge in [0, 0.05) is 24.2 Å². The van der Waals surface area contributed by atoms with E-state index in [0.717, 1.165) is 5.01 Å². The molecule has 1 fully saturated rings. The van der Waals surface area contributed by atoms with Crippen molar-refractivity contribution in [3.63, 3.8) is 0 Å². The zero-order valence-electron chi connectivity index (χ0n) is 10.1. The first-order valence-electron chi connectivity index (χ1n) is 5.61. The van der Waals surface area contributed by atoms with Gasteiger partial charge in [0.15, 0.2) is 0 Å². The van der Waals surface area contributed by atoms with Gasteiger partial charge < -0.3 is 5.32 Å². The highest BCUT2D eigenvalue weighted by Gasteiger charge is 2.38. The summed E-state index contributed by atoms with van der Waals surface area (Å²) in [6.45, 7) is 0. The minimum Gasteiger partial charge on any atom is -0.326 e. The van der Waals surface area contributed by atoms with Gasteiger partial charge >= 0.3 is 0 Å². The van der Waals surface area contributed by atoms with Gasteiger partial charge in [0.25, 0.3) is 11.8 Å². The van der Waals surface area contributed by atoms with Crippen molar-refractivity contribution in [2.45, 2.75) is 6.42 Å². The lowest BCUT2D eigenvalue weighted by atomic mass is 10.0. The molecular weight excluding hydrogens is 270 g/mol. The summed E-state index contributed by atoms with van der Waals surface area (Å²) in [4.78, 5) is 34.8. The highest BCUT2D eigenvalue weighted by atomic mass is 35.5.